The van der Waals surface area contributed by atoms with E-state index >= 15 is 0 Å². The Labute approximate surface area is 110 Å². The summed E-state index contributed by atoms with van der Waals surface area (Å²) in [6.07, 6.45) is 11.1. The van der Waals surface area contributed by atoms with Crippen LogP contribution < -0.4 is 5.32 Å². The van der Waals surface area contributed by atoms with Crippen molar-refractivity contribution in [3.05, 3.63) is 0 Å². The number of nitrogens with one attached hydrogen (secondary N) is 1. The molecule has 0 bridgehead atoms. The van der Waals surface area contributed by atoms with Gasteiger partial charge in [0.15, 0.2) is 0 Å². The van der Waals surface area contributed by atoms with E-state index in [1.54, 1.807) is 0 Å². The molecule has 0 spiro atoms. The van der Waals surface area contributed by atoms with Crippen molar-refractivity contribution < 1.29 is 4.79 Å². The molecule has 1 amide bonds. The second kappa shape index (κ2) is 5.60. The van der Waals surface area contributed by atoms with E-state index in [1.165, 1.54) is 58.0 Å². The van der Waals surface area contributed by atoms with E-state index in [0.29, 0.717) is 23.9 Å². The van der Waals surface area contributed by atoms with Gasteiger partial charge in [-0.2, -0.15) is 0 Å². The highest BCUT2D eigenvalue weighted by Crippen LogP contribution is 2.28. The maximum atomic E-state index is 12.3. The molecule has 18 heavy (non-hydrogen) atoms. The lowest BCUT2D eigenvalue weighted by Gasteiger charge is -2.38. The molecule has 3 heteroatoms. The fraction of sp³-hybridized carbons (Fsp3) is 0.933. The Morgan fingerprint density at radius 2 is 1.61 bits per heavy atom. The number of hydrogen-bond acceptors (Lipinski definition) is 2. The van der Waals surface area contributed by atoms with Crippen molar-refractivity contribution in [2.75, 3.05) is 13.1 Å². The van der Waals surface area contributed by atoms with Crippen molar-refractivity contribution in [1.29, 1.82) is 0 Å². The molecule has 0 aromatic heterocycles. The van der Waals surface area contributed by atoms with Gasteiger partial charge in [0, 0.05) is 18.0 Å². The molecule has 2 atom stereocenters. The van der Waals surface area contributed by atoms with Crippen LogP contribution in [-0.4, -0.2) is 36.0 Å². The highest BCUT2D eigenvalue weighted by molar-refractivity contribution is 5.79. The molecular weight excluding hydrogens is 224 g/mol. The Morgan fingerprint density at radius 1 is 0.889 bits per heavy atom. The minimum absolute atomic E-state index is 0.315. The second-order valence-electron chi connectivity index (χ2n) is 6.34. The van der Waals surface area contributed by atoms with Gasteiger partial charge in [-0.3, -0.25) is 9.69 Å². The molecule has 3 aliphatic rings. The van der Waals surface area contributed by atoms with Crippen molar-refractivity contribution in [2.24, 2.45) is 5.92 Å². The van der Waals surface area contributed by atoms with Crippen LogP contribution in [0, 0.1) is 5.92 Å². The maximum Gasteiger partial charge on any atom is 0.223 e. The van der Waals surface area contributed by atoms with Crippen molar-refractivity contribution in [3.8, 4) is 0 Å². The highest BCUT2D eigenvalue weighted by Gasteiger charge is 2.36. The molecule has 1 N–H and O–H groups in total. The Balaban J connectivity index is 1.56. The van der Waals surface area contributed by atoms with Crippen LogP contribution in [-0.2, 0) is 4.79 Å². The normalized spacial score (nSPS) is 34.2. The molecule has 3 fully saturated rings. The van der Waals surface area contributed by atoms with Gasteiger partial charge in [0.05, 0.1) is 0 Å². The molecular formula is C15H26N2O. The average molecular weight is 250 g/mol. The van der Waals surface area contributed by atoms with Crippen LogP contribution in [0.1, 0.15) is 57.8 Å². The van der Waals surface area contributed by atoms with Gasteiger partial charge in [0.25, 0.3) is 0 Å². The first kappa shape index (κ1) is 12.5. The summed E-state index contributed by atoms with van der Waals surface area (Å²) in [7, 11) is 0. The topological polar surface area (TPSA) is 32.3 Å². The van der Waals surface area contributed by atoms with Gasteiger partial charge in [-0.1, -0.05) is 19.3 Å². The molecule has 1 aliphatic carbocycles. The number of hydrogen-bond donors (Lipinski definition) is 1. The van der Waals surface area contributed by atoms with E-state index < -0.39 is 0 Å². The number of amides is 1. The van der Waals surface area contributed by atoms with Crippen LogP contribution in [0.15, 0.2) is 0 Å². The SMILES string of the molecule is O=C(N[C@H]1CCCN2CCC[C@H]12)C1CCCCC1. The van der Waals surface area contributed by atoms with E-state index in [1.807, 2.05) is 0 Å². The largest absolute Gasteiger partial charge is 0.352 e. The lowest BCUT2D eigenvalue weighted by Crippen LogP contribution is -2.53. The number of carbonyl (C=O) groups excluding carboxylic acids is 1. The summed E-state index contributed by atoms with van der Waals surface area (Å²) >= 11 is 0. The third kappa shape index (κ3) is 2.56. The molecule has 0 radical (unpaired) electrons. The smallest absolute Gasteiger partial charge is 0.223 e. The summed E-state index contributed by atoms with van der Waals surface area (Å²) in [5.41, 5.74) is 0. The van der Waals surface area contributed by atoms with Crippen molar-refractivity contribution in [1.82, 2.24) is 10.2 Å². The quantitative estimate of drug-likeness (QED) is 0.815. The Morgan fingerprint density at radius 3 is 2.39 bits per heavy atom. The third-order valence-electron chi connectivity index (χ3n) is 5.14. The van der Waals surface area contributed by atoms with Crippen molar-refractivity contribution in [2.45, 2.75) is 69.9 Å². The predicted molar refractivity (Wildman–Crippen MR) is 72.3 cm³/mol. The number of fused-ring (bicyclic) bond motifs is 1. The van der Waals surface area contributed by atoms with Gasteiger partial charge in [-0.15, -0.1) is 0 Å². The highest BCUT2D eigenvalue weighted by atomic mass is 16.2. The minimum atomic E-state index is 0.315. The van der Waals surface area contributed by atoms with Gasteiger partial charge in [0.2, 0.25) is 5.91 Å². The fourth-order valence-corrected chi connectivity index (χ4v) is 4.13. The first-order chi connectivity index (χ1) is 8.84. The first-order valence-corrected chi connectivity index (χ1v) is 7.89. The van der Waals surface area contributed by atoms with Gasteiger partial charge in [0.1, 0.15) is 0 Å². The predicted octanol–water partition coefficient (Wildman–Crippen LogP) is 2.31. The van der Waals surface area contributed by atoms with E-state index in [0.717, 1.165) is 12.8 Å². The Hall–Kier alpha value is -0.570. The van der Waals surface area contributed by atoms with Crippen LogP contribution in [0.3, 0.4) is 0 Å². The van der Waals surface area contributed by atoms with Crippen LogP contribution in [0.5, 0.6) is 0 Å². The van der Waals surface area contributed by atoms with Gasteiger partial charge >= 0.3 is 0 Å². The molecule has 1 saturated carbocycles. The van der Waals surface area contributed by atoms with Crippen LogP contribution in [0.25, 0.3) is 0 Å². The molecule has 0 aromatic rings. The summed E-state index contributed by atoms with van der Waals surface area (Å²) in [6, 6.07) is 1.09. The van der Waals surface area contributed by atoms with E-state index in [9.17, 15) is 4.79 Å². The minimum Gasteiger partial charge on any atom is -0.352 e. The number of piperidine rings is 1. The molecule has 102 valence electrons. The lowest BCUT2D eigenvalue weighted by atomic mass is 9.87. The Kier molecular flexibility index (Phi) is 3.88. The van der Waals surface area contributed by atoms with Gasteiger partial charge < -0.3 is 5.32 Å². The van der Waals surface area contributed by atoms with Gasteiger partial charge in [-0.25, -0.2) is 0 Å². The van der Waals surface area contributed by atoms with Gasteiger partial charge in [-0.05, 0) is 51.6 Å². The summed E-state index contributed by atoms with van der Waals surface area (Å²) in [5, 5.41) is 3.38. The van der Waals surface area contributed by atoms with Crippen molar-refractivity contribution >= 4 is 5.91 Å². The van der Waals surface area contributed by atoms with E-state index in [2.05, 4.69) is 10.2 Å². The number of nitrogens with zero attached hydrogens (tertiary/aromatic N) is 1. The zero-order chi connectivity index (χ0) is 12.4. The number of rotatable bonds is 2. The zero-order valence-electron chi connectivity index (χ0n) is 11.4. The van der Waals surface area contributed by atoms with Crippen LogP contribution in [0.4, 0.5) is 0 Å². The second-order valence-corrected chi connectivity index (χ2v) is 6.34. The fourth-order valence-electron chi connectivity index (χ4n) is 4.13. The zero-order valence-corrected chi connectivity index (χ0v) is 11.4. The molecule has 2 saturated heterocycles. The Bertz CT molecular complexity index is 299. The van der Waals surface area contributed by atoms with E-state index in [-0.39, 0.29) is 0 Å². The molecule has 2 aliphatic heterocycles. The van der Waals surface area contributed by atoms with E-state index in [4.69, 9.17) is 0 Å². The molecule has 2 heterocycles. The third-order valence-corrected chi connectivity index (χ3v) is 5.14. The monoisotopic (exact) mass is 250 g/mol. The standard InChI is InChI=1S/C15H26N2O/c18-15(12-6-2-1-3-7-12)16-13-8-4-10-17-11-5-9-14(13)17/h12-14H,1-11H2,(H,16,18)/t13-,14+/m0/s1. The summed E-state index contributed by atoms with van der Waals surface area (Å²) in [5.74, 6) is 0.670. The average Bonchev–Trinajstić information content (AvgIpc) is 2.89. The van der Waals surface area contributed by atoms with Crippen LogP contribution >= 0.6 is 0 Å². The van der Waals surface area contributed by atoms with Crippen LogP contribution in [0.2, 0.25) is 0 Å². The first-order valence-electron chi connectivity index (χ1n) is 7.89. The molecule has 0 aromatic carbocycles. The van der Waals surface area contributed by atoms with Crippen molar-refractivity contribution in [3.63, 3.8) is 0 Å². The summed E-state index contributed by atoms with van der Waals surface area (Å²) in [4.78, 5) is 14.9. The number of carbonyl (C=O) groups is 1. The molecule has 3 nitrogen and oxygen atoms in total. The summed E-state index contributed by atoms with van der Waals surface area (Å²) < 4.78 is 0. The maximum absolute atomic E-state index is 12.3. The lowest BCUT2D eigenvalue weighted by molar-refractivity contribution is -0.127. The summed E-state index contributed by atoms with van der Waals surface area (Å²) in [6.45, 7) is 2.50. The molecule has 0 unspecified atom stereocenters. The molecule has 3 rings (SSSR count).